The molecule has 1 aromatic rings. The van der Waals surface area contributed by atoms with E-state index in [9.17, 15) is 13.2 Å². The summed E-state index contributed by atoms with van der Waals surface area (Å²) in [5, 5.41) is 8.89. The molecule has 0 fully saturated rings. The average Bonchev–Trinajstić information content (AvgIpc) is 2.63. The van der Waals surface area contributed by atoms with E-state index in [4.69, 9.17) is 5.11 Å². The molecule has 0 unspecified atom stereocenters. The molecule has 0 spiro atoms. The largest absolute Gasteiger partial charge is 0.476 e. The summed E-state index contributed by atoms with van der Waals surface area (Å²) in [7, 11) is -2.36. The number of nitrogens with zero attached hydrogens (tertiary/aromatic N) is 2. The van der Waals surface area contributed by atoms with Gasteiger partial charge in [0.05, 0.1) is 5.51 Å². The van der Waals surface area contributed by atoms with Crippen molar-refractivity contribution in [3.8, 4) is 0 Å². The van der Waals surface area contributed by atoms with Gasteiger partial charge in [0, 0.05) is 13.6 Å². The lowest BCUT2D eigenvalue weighted by molar-refractivity contribution is 0.0687. The van der Waals surface area contributed by atoms with Crippen molar-refractivity contribution in [2.24, 2.45) is 5.41 Å². The highest BCUT2D eigenvalue weighted by Crippen LogP contribution is 2.26. The molecule has 0 aromatic carbocycles. The van der Waals surface area contributed by atoms with Gasteiger partial charge in [-0.3, -0.25) is 0 Å². The topological polar surface area (TPSA) is 87.6 Å². The van der Waals surface area contributed by atoms with Crippen LogP contribution in [0.15, 0.2) is 9.72 Å². The van der Waals surface area contributed by atoms with Gasteiger partial charge in [-0.05, 0) is 5.41 Å². The van der Waals surface area contributed by atoms with Gasteiger partial charge in [0.15, 0.2) is 9.90 Å². The van der Waals surface area contributed by atoms with E-state index in [-0.39, 0.29) is 9.62 Å². The molecule has 0 aliphatic carbocycles. The Kier molecular flexibility index (Phi) is 4.14. The summed E-state index contributed by atoms with van der Waals surface area (Å²) < 4.78 is 25.4. The van der Waals surface area contributed by atoms with E-state index in [2.05, 4.69) is 4.98 Å². The number of carboxylic acid groups (broad SMARTS) is 1. The third kappa shape index (κ3) is 3.27. The molecule has 0 saturated heterocycles. The van der Waals surface area contributed by atoms with E-state index < -0.39 is 21.7 Å². The minimum absolute atomic E-state index is 0.212. The predicted molar refractivity (Wildman–Crippen MR) is 68.3 cm³/mol. The first kappa shape index (κ1) is 15.1. The molecule has 0 aliphatic heterocycles. The van der Waals surface area contributed by atoms with Crippen LogP contribution in [0.2, 0.25) is 0 Å². The van der Waals surface area contributed by atoms with Crippen LogP contribution in [0.1, 0.15) is 31.3 Å². The molecule has 8 heteroatoms. The second-order valence-electron chi connectivity index (χ2n) is 5.12. The summed E-state index contributed by atoms with van der Waals surface area (Å²) in [5.41, 5.74) is 0.595. The van der Waals surface area contributed by atoms with Crippen molar-refractivity contribution in [1.29, 1.82) is 0 Å². The Morgan fingerprint density at radius 2 is 2.06 bits per heavy atom. The monoisotopic (exact) mass is 292 g/mol. The van der Waals surface area contributed by atoms with Crippen molar-refractivity contribution in [2.75, 3.05) is 13.6 Å². The average molecular weight is 292 g/mol. The van der Waals surface area contributed by atoms with Gasteiger partial charge in [0.1, 0.15) is 0 Å². The number of aromatic carboxylic acids is 1. The first-order valence-electron chi connectivity index (χ1n) is 5.19. The van der Waals surface area contributed by atoms with Crippen LogP contribution in [-0.2, 0) is 10.0 Å². The molecule has 1 N–H and O–H groups in total. The van der Waals surface area contributed by atoms with Gasteiger partial charge in [-0.1, -0.05) is 20.8 Å². The fourth-order valence-corrected chi connectivity index (χ4v) is 4.18. The first-order valence-corrected chi connectivity index (χ1v) is 7.51. The number of rotatable bonds is 4. The molecule has 0 bridgehead atoms. The van der Waals surface area contributed by atoms with Crippen LogP contribution >= 0.6 is 11.3 Å². The molecule has 1 heterocycles. The van der Waals surface area contributed by atoms with Crippen LogP contribution < -0.4 is 0 Å². The van der Waals surface area contributed by atoms with E-state index in [1.807, 2.05) is 20.8 Å². The summed E-state index contributed by atoms with van der Waals surface area (Å²) in [6, 6.07) is 0. The highest BCUT2D eigenvalue weighted by molar-refractivity contribution is 7.91. The quantitative estimate of drug-likeness (QED) is 0.908. The second-order valence-corrected chi connectivity index (χ2v) is 8.21. The van der Waals surface area contributed by atoms with Crippen molar-refractivity contribution in [2.45, 2.75) is 25.0 Å². The van der Waals surface area contributed by atoms with Crippen molar-refractivity contribution >= 4 is 27.3 Å². The zero-order chi connectivity index (χ0) is 14.1. The zero-order valence-corrected chi connectivity index (χ0v) is 12.3. The second kappa shape index (κ2) is 4.94. The molecule has 1 aromatic heterocycles. The number of hydrogen-bond donors (Lipinski definition) is 1. The lowest BCUT2D eigenvalue weighted by atomic mass is 9.97. The lowest BCUT2D eigenvalue weighted by Gasteiger charge is -2.25. The van der Waals surface area contributed by atoms with Gasteiger partial charge in [-0.15, -0.1) is 11.3 Å². The maximum Gasteiger partial charge on any atom is 0.356 e. The van der Waals surface area contributed by atoms with E-state index >= 15 is 0 Å². The van der Waals surface area contributed by atoms with E-state index in [0.29, 0.717) is 6.54 Å². The van der Waals surface area contributed by atoms with Crippen LogP contribution in [0.5, 0.6) is 0 Å². The van der Waals surface area contributed by atoms with Gasteiger partial charge in [-0.2, -0.15) is 4.31 Å². The van der Waals surface area contributed by atoms with E-state index in [0.717, 1.165) is 15.6 Å². The Balaban J connectivity index is 3.14. The third-order valence-corrected chi connectivity index (χ3v) is 5.23. The number of hydrogen-bond acceptors (Lipinski definition) is 5. The molecule has 0 aliphatic rings. The molecule has 1 rings (SSSR count). The molecule has 6 nitrogen and oxygen atoms in total. The summed E-state index contributed by atoms with van der Waals surface area (Å²) in [4.78, 5) is 14.5. The Bertz CT molecular complexity index is 542. The van der Waals surface area contributed by atoms with Crippen molar-refractivity contribution in [3.05, 3.63) is 11.2 Å². The Morgan fingerprint density at radius 1 is 1.50 bits per heavy atom. The fraction of sp³-hybridized carbons (Fsp3) is 0.600. The lowest BCUT2D eigenvalue weighted by Crippen LogP contribution is -2.34. The van der Waals surface area contributed by atoms with Crippen LogP contribution in [0.4, 0.5) is 0 Å². The summed E-state index contributed by atoms with van der Waals surface area (Å²) >= 11 is 0.818. The maximum atomic E-state index is 12.2. The molecule has 18 heavy (non-hydrogen) atoms. The number of aromatic nitrogens is 1. The zero-order valence-electron chi connectivity index (χ0n) is 10.7. The molecular weight excluding hydrogens is 276 g/mol. The van der Waals surface area contributed by atoms with Gasteiger partial charge in [0.2, 0.25) is 0 Å². The summed E-state index contributed by atoms with van der Waals surface area (Å²) in [6.45, 7) is 6.02. The highest BCUT2D eigenvalue weighted by Gasteiger charge is 2.31. The van der Waals surface area contributed by atoms with Gasteiger partial charge in [-0.25, -0.2) is 18.2 Å². The minimum Gasteiger partial charge on any atom is -0.476 e. The molecule has 102 valence electrons. The highest BCUT2D eigenvalue weighted by atomic mass is 32.2. The number of carbonyl (C=O) groups is 1. The van der Waals surface area contributed by atoms with Crippen LogP contribution in [0, 0.1) is 5.41 Å². The Hall–Kier alpha value is -0.990. The fourth-order valence-electron chi connectivity index (χ4n) is 1.46. The van der Waals surface area contributed by atoms with E-state index in [1.54, 1.807) is 0 Å². The number of thiazole rings is 1. The Labute approximate surface area is 110 Å². The molecule has 0 saturated carbocycles. The van der Waals surface area contributed by atoms with Gasteiger partial charge in [0.25, 0.3) is 10.0 Å². The molecule has 0 amide bonds. The van der Waals surface area contributed by atoms with E-state index in [1.165, 1.54) is 12.6 Å². The standard InChI is InChI=1S/C10H16N2O4S2/c1-10(2,3)5-12(4)18(15,16)9-7(8(13)14)11-6-17-9/h6H,5H2,1-4H3,(H,13,14). The molecule has 0 radical (unpaired) electrons. The number of carboxylic acids is 1. The van der Waals surface area contributed by atoms with Crippen LogP contribution in [-0.4, -0.2) is 42.4 Å². The summed E-state index contributed by atoms with van der Waals surface area (Å²) in [5.74, 6) is -1.33. The van der Waals surface area contributed by atoms with Crippen molar-refractivity contribution < 1.29 is 18.3 Å². The van der Waals surface area contributed by atoms with Gasteiger partial charge >= 0.3 is 5.97 Å². The maximum absolute atomic E-state index is 12.2. The predicted octanol–water partition coefficient (Wildman–Crippen LogP) is 1.51. The Morgan fingerprint density at radius 3 is 2.50 bits per heavy atom. The molecule has 0 atom stereocenters. The van der Waals surface area contributed by atoms with Gasteiger partial charge < -0.3 is 5.11 Å². The minimum atomic E-state index is -3.80. The summed E-state index contributed by atoms with van der Waals surface area (Å²) in [6.07, 6.45) is 0. The molecular formula is C10H16N2O4S2. The number of sulfonamides is 1. The van der Waals surface area contributed by atoms with Crippen LogP contribution in [0.3, 0.4) is 0 Å². The third-order valence-electron chi connectivity index (χ3n) is 2.08. The smallest absolute Gasteiger partial charge is 0.356 e. The normalized spacial score (nSPS) is 12.9. The van der Waals surface area contributed by atoms with Crippen molar-refractivity contribution in [1.82, 2.24) is 9.29 Å². The SMILES string of the molecule is CN(CC(C)(C)C)S(=O)(=O)c1scnc1C(=O)O. The van der Waals surface area contributed by atoms with Crippen molar-refractivity contribution in [3.63, 3.8) is 0 Å². The first-order chi connectivity index (χ1) is 8.05. The van der Waals surface area contributed by atoms with Crippen LogP contribution in [0.25, 0.3) is 0 Å².